The van der Waals surface area contributed by atoms with Crippen LogP contribution in [0.1, 0.15) is 71.1 Å². The number of methoxy groups -OCH3 is 4. The van der Waals surface area contributed by atoms with Crippen LogP contribution in [-0.4, -0.2) is 55.4 Å². The van der Waals surface area contributed by atoms with Crippen molar-refractivity contribution >= 4 is 33.4 Å². The monoisotopic (exact) mass is 920 g/mol. The summed E-state index contributed by atoms with van der Waals surface area (Å²) in [5, 5.41) is 33.1. The van der Waals surface area contributed by atoms with Gasteiger partial charge >= 0.3 is 0 Å². The highest BCUT2D eigenvalue weighted by Gasteiger charge is 2.61. The second-order valence-corrected chi connectivity index (χ2v) is 17.6. The second-order valence-electron chi connectivity index (χ2n) is 17.6. The summed E-state index contributed by atoms with van der Waals surface area (Å²) in [6, 6.07) is 52.4. The average molecular weight is 921 g/mol. The van der Waals surface area contributed by atoms with Crippen molar-refractivity contribution in [3.8, 4) is 23.0 Å². The minimum atomic E-state index is -2.33. The highest BCUT2D eigenvalue weighted by atomic mass is 16.5. The largest absolute Gasteiger partial charge is 0.496 e. The quantitative estimate of drug-likeness (QED) is 0.0814. The van der Waals surface area contributed by atoms with E-state index in [1.165, 1.54) is 28.4 Å². The first kappa shape index (κ1) is 46.5. The number of benzene rings is 8. The Labute approximate surface area is 402 Å². The lowest BCUT2D eigenvalue weighted by Gasteiger charge is -2.53. The van der Waals surface area contributed by atoms with Gasteiger partial charge in [-0.1, -0.05) is 171 Å². The summed E-state index contributed by atoms with van der Waals surface area (Å²) in [6.07, 6.45) is 1.33. The van der Waals surface area contributed by atoms with Gasteiger partial charge in [-0.15, -0.1) is 0 Å². The van der Waals surface area contributed by atoms with Crippen molar-refractivity contribution in [2.45, 2.75) is 49.0 Å². The summed E-state index contributed by atoms with van der Waals surface area (Å²) in [7, 11) is 6.11. The van der Waals surface area contributed by atoms with Crippen LogP contribution < -0.4 is 24.7 Å². The minimum Gasteiger partial charge on any atom is -0.496 e. The van der Waals surface area contributed by atoms with E-state index in [1.54, 1.807) is 77.7 Å². The molecule has 9 rings (SSSR count). The fourth-order valence-corrected chi connectivity index (χ4v) is 11.0. The zero-order valence-electron chi connectivity index (χ0n) is 39.2. The Balaban J connectivity index is 1.58. The van der Waals surface area contributed by atoms with Gasteiger partial charge in [0.05, 0.1) is 40.5 Å². The Kier molecular flexibility index (Phi) is 12.9. The van der Waals surface area contributed by atoms with Gasteiger partial charge in [0.25, 0.3) is 0 Å². The molecule has 0 unspecified atom stereocenters. The third kappa shape index (κ3) is 7.70. The van der Waals surface area contributed by atoms with Gasteiger partial charge in [-0.05, 0) is 69.8 Å². The number of amides is 2. The fourth-order valence-electron chi connectivity index (χ4n) is 11.0. The van der Waals surface area contributed by atoms with Crippen LogP contribution in [0.15, 0.2) is 182 Å². The minimum absolute atomic E-state index is 0.131. The normalized spacial score (nSPS) is 14.5. The lowest BCUT2D eigenvalue weighted by atomic mass is 9.69. The molecular weight excluding hydrogens is 865 g/mol. The third-order valence-corrected chi connectivity index (χ3v) is 14.2. The summed E-state index contributed by atoms with van der Waals surface area (Å²) in [6.45, 7) is 0. The molecule has 1 fully saturated rings. The zero-order chi connectivity index (χ0) is 48.3. The van der Waals surface area contributed by atoms with E-state index in [9.17, 15) is 4.79 Å². The first-order valence-electron chi connectivity index (χ1n) is 23.1. The molecule has 1 aliphatic carbocycles. The molecule has 0 saturated heterocycles. The molecule has 0 radical (unpaired) electrons. The highest BCUT2D eigenvalue weighted by molar-refractivity contribution is 6.05. The molecule has 69 heavy (non-hydrogen) atoms. The third-order valence-electron chi connectivity index (χ3n) is 14.2. The molecule has 1 aliphatic rings. The first-order chi connectivity index (χ1) is 33.6. The van der Waals surface area contributed by atoms with E-state index in [4.69, 9.17) is 24.7 Å². The molecule has 0 aromatic heterocycles. The number of fused-ring (bicyclic) bond motifs is 2. The van der Waals surface area contributed by atoms with E-state index in [0.717, 1.165) is 10.8 Å². The Morgan fingerprint density at radius 2 is 0.783 bits per heavy atom. The lowest BCUT2D eigenvalue weighted by molar-refractivity contribution is -0.168. The van der Waals surface area contributed by atoms with Crippen LogP contribution >= 0.6 is 0 Å². The van der Waals surface area contributed by atoms with Gasteiger partial charge in [-0.2, -0.15) is 0 Å². The summed E-state index contributed by atoms with van der Waals surface area (Å²) in [5.41, 5.74) is 2.23. The zero-order valence-corrected chi connectivity index (χ0v) is 39.2. The molecule has 2 atom stereocenters. The van der Waals surface area contributed by atoms with Crippen LogP contribution in [0.5, 0.6) is 23.0 Å². The molecular formula is C59H56N2O8. The number of nitrogens with two attached hydrogens (primary N) is 1. The van der Waals surface area contributed by atoms with Crippen molar-refractivity contribution in [3.05, 3.63) is 215 Å². The number of nitrogens with zero attached hydrogens (tertiary/aromatic N) is 1. The van der Waals surface area contributed by atoms with Crippen LogP contribution in [0, 0.1) is 5.41 Å². The van der Waals surface area contributed by atoms with E-state index >= 15 is 15.0 Å². The van der Waals surface area contributed by atoms with Crippen LogP contribution in [0.25, 0.3) is 21.5 Å². The number of carbonyl (C=O) groups is 2. The van der Waals surface area contributed by atoms with Gasteiger partial charge in [0.1, 0.15) is 39.6 Å². The van der Waals surface area contributed by atoms with Crippen LogP contribution in [0.4, 0.5) is 0 Å². The highest BCUT2D eigenvalue weighted by Crippen LogP contribution is 2.60. The van der Waals surface area contributed by atoms with Gasteiger partial charge in [-0.25, -0.2) is 0 Å². The molecule has 0 bridgehead atoms. The number of rotatable bonds is 16. The number of para-hydroxylation sites is 4. The molecule has 8 aromatic carbocycles. The maximum absolute atomic E-state index is 17.3. The van der Waals surface area contributed by atoms with E-state index in [-0.39, 0.29) is 35.1 Å². The fraction of sp³-hybridized carbons (Fsp3) is 0.220. The van der Waals surface area contributed by atoms with Gasteiger partial charge in [-0.3, -0.25) is 9.59 Å². The maximum Gasteiger partial charge on any atom is 0.239 e. The predicted octanol–water partition coefficient (Wildman–Crippen LogP) is 10.6. The Morgan fingerprint density at radius 3 is 1.12 bits per heavy atom. The smallest absolute Gasteiger partial charge is 0.239 e. The predicted molar refractivity (Wildman–Crippen MR) is 268 cm³/mol. The second kappa shape index (κ2) is 19.1. The van der Waals surface area contributed by atoms with E-state index in [2.05, 4.69) is 0 Å². The number of aliphatic hydroxyl groups is 2. The van der Waals surface area contributed by atoms with Gasteiger partial charge in [0, 0.05) is 22.3 Å². The van der Waals surface area contributed by atoms with E-state index in [1.807, 2.05) is 109 Å². The molecule has 10 heteroatoms. The molecule has 0 spiro atoms. The Bertz CT molecular complexity index is 2870. The Hall–Kier alpha value is -7.66. The molecule has 1 saturated carbocycles. The first-order valence-corrected chi connectivity index (χ1v) is 23.1. The average Bonchev–Trinajstić information content (AvgIpc) is 3.92. The molecule has 0 heterocycles. The number of hydrogen-bond acceptors (Lipinski definition) is 8. The van der Waals surface area contributed by atoms with Crippen molar-refractivity contribution in [1.82, 2.24) is 4.90 Å². The van der Waals surface area contributed by atoms with Crippen LogP contribution in [0.2, 0.25) is 0 Å². The van der Waals surface area contributed by atoms with Crippen LogP contribution in [-0.2, 0) is 20.8 Å². The maximum atomic E-state index is 17.3. The Morgan fingerprint density at radius 1 is 0.478 bits per heavy atom. The SMILES string of the molecule is COc1ccccc1C(O)(c1ccccc1OC)[C@H](c1cccc2ccccc12)N(C(=O)C1(C(N)=O)CCCC1)[C@@H](c1cccc2ccccc12)C(O)(c1ccccc1OC)c1ccccc1OC. The van der Waals surface area contributed by atoms with E-state index < -0.39 is 40.5 Å². The molecule has 8 aromatic rings. The van der Waals surface area contributed by atoms with Crippen molar-refractivity contribution in [2.24, 2.45) is 11.1 Å². The van der Waals surface area contributed by atoms with Crippen molar-refractivity contribution in [1.29, 1.82) is 0 Å². The molecule has 0 aliphatic heterocycles. The van der Waals surface area contributed by atoms with Crippen LogP contribution in [0.3, 0.4) is 0 Å². The summed E-state index contributed by atoms with van der Waals surface area (Å²) < 4.78 is 24.7. The standard InChI is InChI=1S/C59H56N2O8/c1-66-49-33-13-9-29-45(49)58(64,46-30-10-14-34-50(46)67-2)53(43-27-19-23-39-21-5-7-25-41(39)43)61(56(63)57(55(60)62)37-17-18-38-57)54(44-28-20-24-40-22-6-8-26-42(40)44)59(65,47-31-11-15-35-51(47)68-3)48-32-12-16-36-52(48)69-4/h5-16,19-36,53-54,64-65H,17-18,37-38H2,1-4H3,(H2,60,62)/t53-,54-/m0/s1. The number of primary amides is 1. The lowest BCUT2D eigenvalue weighted by Crippen LogP contribution is -2.59. The van der Waals surface area contributed by atoms with Gasteiger partial charge in [0.15, 0.2) is 0 Å². The summed E-state index contributed by atoms with van der Waals surface area (Å²) >= 11 is 0. The molecule has 350 valence electrons. The van der Waals surface area contributed by atoms with Gasteiger partial charge < -0.3 is 39.8 Å². The molecule has 4 N–H and O–H groups in total. The number of carbonyl (C=O) groups excluding carboxylic acids is 2. The van der Waals surface area contributed by atoms with Crippen molar-refractivity contribution in [3.63, 3.8) is 0 Å². The topological polar surface area (TPSA) is 141 Å². The number of ether oxygens (including phenoxy) is 4. The van der Waals surface area contributed by atoms with E-state index in [0.29, 0.717) is 57.7 Å². The summed E-state index contributed by atoms with van der Waals surface area (Å²) in [5.74, 6) is -0.267. The number of hydrogen-bond donors (Lipinski definition) is 3. The molecule has 2 amide bonds. The van der Waals surface area contributed by atoms with Crippen molar-refractivity contribution < 1.29 is 38.7 Å². The van der Waals surface area contributed by atoms with Gasteiger partial charge in [0.2, 0.25) is 11.8 Å². The summed E-state index contributed by atoms with van der Waals surface area (Å²) in [4.78, 5) is 33.5. The molecule has 10 nitrogen and oxygen atoms in total. The van der Waals surface area contributed by atoms with Crippen molar-refractivity contribution in [2.75, 3.05) is 28.4 Å².